The Hall–Kier alpha value is -1.13. The molecule has 4 nitrogen and oxygen atoms in total. The number of nitrogens with zero attached hydrogens (tertiary/aromatic N) is 2. The number of aliphatic hydroxyl groups excluding tert-OH is 1. The van der Waals surface area contributed by atoms with Crippen molar-refractivity contribution in [1.82, 2.24) is 10.1 Å². The highest BCUT2D eigenvalue weighted by Gasteiger charge is 2.14. The lowest BCUT2D eigenvalue weighted by Crippen LogP contribution is -1.96. The lowest BCUT2D eigenvalue weighted by Gasteiger charge is -2.04. The Morgan fingerprint density at radius 1 is 1.53 bits per heavy atom. The maximum atomic E-state index is 9.31. The van der Waals surface area contributed by atoms with Crippen LogP contribution >= 0.6 is 11.6 Å². The molecule has 1 N–H and O–H groups in total. The second kappa shape index (κ2) is 9.75. The summed E-state index contributed by atoms with van der Waals surface area (Å²) in [5.74, 6) is 0.738. The van der Waals surface area contributed by atoms with Crippen molar-refractivity contribution in [3.8, 4) is 0 Å². The molecule has 108 valence electrons. The van der Waals surface area contributed by atoms with Gasteiger partial charge in [0.15, 0.2) is 5.82 Å². The van der Waals surface area contributed by atoms with E-state index in [9.17, 15) is 5.11 Å². The Morgan fingerprint density at radius 3 is 2.58 bits per heavy atom. The van der Waals surface area contributed by atoms with Crippen LogP contribution in [-0.4, -0.2) is 20.6 Å². The van der Waals surface area contributed by atoms with Crippen molar-refractivity contribution >= 4 is 17.2 Å². The molecular formula is C14H23ClN2O2. The summed E-state index contributed by atoms with van der Waals surface area (Å²) in [5.41, 5.74) is 0.928. The molecule has 0 saturated carbocycles. The van der Waals surface area contributed by atoms with Gasteiger partial charge in [0.2, 0.25) is 0 Å². The van der Waals surface area contributed by atoms with Crippen LogP contribution in [0.4, 0.5) is 0 Å². The van der Waals surface area contributed by atoms with Gasteiger partial charge in [-0.2, -0.15) is 4.98 Å². The van der Waals surface area contributed by atoms with Gasteiger partial charge in [-0.1, -0.05) is 31.2 Å². The highest BCUT2D eigenvalue weighted by atomic mass is 35.5. The maximum Gasteiger partial charge on any atom is 0.253 e. The van der Waals surface area contributed by atoms with Gasteiger partial charge in [0.05, 0.1) is 5.38 Å². The summed E-state index contributed by atoms with van der Waals surface area (Å²) in [6, 6.07) is 0. The van der Waals surface area contributed by atoms with Crippen LogP contribution in [0.1, 0.15) is 58.4 Å². The Bertz CT molecular complexity index is 400. The Labute approximate surface area is 120 Å². The van der Waals surface area contributed by atoms with Crippen LogP contribution < -0.4 is 0 Å². The van der Waals surface area contributed by atoms with Gasteiger partial charge in [-0.25, -0.2) is 0 Å². The molecule has 1 rings (SSSR count). The normalized spacial score (nSPS) is 14.3. The Morgan fingerprint density at radius 2 is 2.16 bits per heavy atom. The molecule has 2 atom stereocenters. The minimum absolute atomic E-state index is 0.0656. The molecule has 0 aromatic carbocycles. The van der Waals surface area contributed by atoms with E-state index in [0.29, 0.717) is 11.7 Å². The zero-order valence-electron chi connectivity index (χ0n) is 12.1. The summed E-state index contributed by atoms with van der Waals surface area (Å²) in [6.07, 6.45) is 4.38. The van der Waals surface area contributed by atoms with Crippen LogP contribution in [0.15, 0.2) is 23.3 Å². The zero-order valence-corrected chi connectivity index (χ0v) is 12.8. The zero-order chi connectivity index (χ0) is 14.8. The first-order chi connectivity index (χ1) is 9.08. The molecule has 0 aliphatic heterocycles. The number of allylic oxidation sites excluding steroid dienone is 3. The van der Waals surface area contributed by atoms with Crippen molar-refractivity contribution in [2.75, 3.05) is 0 Å². The average molecular weight is 287 g/mol. The third-order valence-electron chi connectivity index (χ3n) is 2.38. The summed E-state index contributed by atoms with van der Waals surface area (Å²) >= 11 is 5.96. The van der Waals surface area contributed by atoms with Gasteiger partial charge < -0.3 is 9.63 Å². The molecular weight excluding hydrogens is 264 g/mol. The van der Waals surface area contributed by atoms with E-state index in [0.717, 1.165) is 18.4 Å². The lowest BCUT2D eigenvalue weighted by molar-refractivity contribution is 0.184. The van der Waals surface area contributed by atoms with E-state index in [4.69, 9.17) is 16.1 Å². The Kier molecular flexibility index (Phi) is 9.17. The van der Waals surface area contributed by atoms with E-state index in [1.165, 1.54) is 0 Å². The van der Waals surface area contributed by atoms with Crippen LogP contribution in [-0.2, 0) is 0 Å². The number of halogens is 1. The molecule has 2 unspecified atom stereocenters. The van der Waals surface area contributed by atoms with Crippen molar-refractivity contribution in [2.45, 2.75) is 52.0 Å². The first-order valence-electron chi connectivity index (χ1n) is 6.52. The second-order valence-electron chi connectivity index (χ2n) is 3.74. The second-order valence-corrected chi connectivity index (χ2v) is 4.30. The summed E-state index contributed by atoms with van der Waals surface area (Å²) in [7, 11) is 0. The first kappa shape index (κ1) is 17.9. The summed E-state index contributed by atoms with van der Waals surface area (Å²) in [6.45, 7) is 11.1. The number of alkyl halides is 1. The van der Waals surface area contributed by atoms with Crippen molar-refractivity contribution in [2.24, 2.45) is 0 Å². The number of rotatable bonds is 6. The molecule has 1 aromatic heterocycles. The van der Waals surface area contributed by atoms with Gasteiger partial charge >= 0.3 is 0 Å². The average Bonchev–Trinajstić information content (AvgIpc) is 2.91. The van der Waals surface area contributed by atoms with Crippen LogP contribution in [0.3, 0.4) is 0 Å². The molecule has 0 spiro atoms. The standard InChI is InChI=1S/C12H17ClN2O2.C2H6/c1-4-9(6-7-10(13)5-2)12-14-11(8(3)16)15-17-12;1-2/h4-5,8,10,16H,2,6-7H2,1,3H3;1-2H3/b9-4+;. The molecule has 19 heavy (non-hydrogen) atoms. The van der Waals surface area contributed by atoms with E-state index < -0.39 is 6.10 Å². The van der Waals surface area contributed by atoms with Crippen LogP contribution in [0.25, 0.3) is 5.57 Å². The lowest BCUT2D eigenvalue weighted by atomic mass is 10.1. The molecule has 0 radical (unpaired) electrons. The third kappa shape index (κ3) is 6.03. The molecule has 0 amide bonds. The quantitative estimate of drug-likeness (QED) is 0.631. The molecule has 0 bridgehead atoms. The molecule has 0 fully saturated rings. The molecule has 0 aliphatic rings. The van der Waals surface area contributed by atoms with Crippen molar-refractivity contribution < 1.29 is 9.63 Å². The van der Waals surface area contributed by atoms with Crippen LogP contribution in [0.5, 0.6) is 0 Å². The van der Waals surface area contributed by atoms with Gasteiger partial charge in [0, 0.05) is 5.57 Å². The molecule has 1 aromatic rings. The fourth-order valence-corrected chi connectivity index (χ4v) is 1.43. The fourth-order valence-electron chi connectivity index (χ4n) is 1.32. The van der Waals surface area contributed by atoms with E-state index in [2.05, 4.69) is 16.7 Å². The van der Waals surface area contributed by atoms with E-state index in [-0.39, 0.29) is 5.38 Å². The minimum Gasteiger partial charge on any atom is -0.385 e. The third-order valence-corrected chi connectivity index (χ3v) is 2.78. The van der Waals surface area contributed by atoms with Crippen LogP contribution in [0.2, 0.25) is 0 Å². The van der Waals surface area contributed by atoms with E-state index in [1.54, 1.807) is 13.0 Å². The van der Waals surface area contributed by atoms with Gasteiger partial charge in [0.1, 0.15) is 6.10 Å². The summed E-state index contributed by atoms with van der Waals surface area (Å²) in [5, 5.41) is 12.9. The van der Waals surface area contributed by atoms with E-state index in [1.807, 2.05) is 26.8 Å². The number of aliphatic hydroxyl groups is 1. The molecule has 0 aliphatic carbocycles. The highest BCUT2D eigenvalue weighted by Crippen LogP contribution is 2.22. The van der Waals surface area contributed by atoms with Gasteiger partial charge in [-0.05, 0) is 26.7 Å². The van der Waals surface area contributed by atoms with E-state index >= 15 is 0 Å². The van der Waals surface area contributed by atoms with Crippen molar-refractivity contribution in [1.29, 1.82) is 0 Å². The van der Waals surface area contributed by atoms with Gasteiger partial charge in [-0.3, -0.25) is 0 Å². The predicted octanol–water partition coefficient (Wildman–Crippen LogP) is 4.13. The largest absolute Gasteiger partial charge is 0.385 e. The molecule has 5 heteroatoms. The topological polar surface area (TPSA) is 59.2 Å². The monoisotopic (exact) mass is 286 g/mol. The number of aromatic nitrogens is 2. The smallest absolute Gasteiger partial charge is 0.253 e. The maximum absolute atomic E-state index is 9.31. The van der Waals surface area contributed by atoms with Crippen molar-refractivity contribution in [3.05, 3.63) is 30.4 Å². The first-order valence-corrected chi connectivity index (χ1v) is 6.96. The minimum atomic E-state index is -0.723. The van der Waals surface area contributed by atoms with Gasteiger partial charge in [-0.15, -0.1) is 18.2 Å². The number of hydrogen-bond donors (Lipinski definition) is 1. The van der Waals surface area contributed by atoms with Crippen LogP contribution in [0, 0.1) is 0 Å². The molecule has 1 heterocycles. The highest BCUT2D eigenvalue weighted by molar-refractivity contribution is 6.21. The molecule has 0 saturated heterocycles. The SMILES string of the molecule is C=CC(Cl)CC/C(=C\C)c1nc(C(C)O)no1.CC. The summed E-state index contributed by atoms with van der Waals surface area (Å²) < 4.78 is 5.09. The summed E-state index contributed by atoms with van der Waals surface area (Å²) in [4.78, 5) is 4.12. The number of hydrogen-bond acceptors (Lipinski definition) is 4. The van der Waals surface area contributed by atoms with Crippen molar-refractivity contribution in [3.63, 3.8) is 0 Å². The Balaban J connectivity index is 0.00000154. The van der Waals surface area contributed by atoms with Gasteiger partial charge in [0.25, 0.3) is 5.89 Å². The fraction of sp³-hybridized carbons (Fsp3) is 0.571. The predicted molar refractivity (Wildman–Crippen MR) is 79.0 cm³/mol.